The van der Waals surface area contributed by atoms with E-state index in [9.17, 15) is 14.4 Å². The van der Waals surface area contributed by atoms with Crippen LogP contribution < -0.4 is 10.6 Å². The molecule has 1 aromatic heterocycles. The van der Waals surface area contributed by atoms with Crippen LogP contribution in [0.25, 0.3) is 0 Å². The van der Waals surface area contributed by atoms with Crippen molar-refractivity contribution in [3.8, 4) is 0 Å². The highest BCUT2D eigenvalue weighted by atomic mass is 16.5. The number of anilines is 2. The van der Waals surface area contributed by atoms with Gasteiger partial charge < -0.3 is 19.8 Å². The first-order chi connectivity index (χ1) is 13.1. The van der Waals surface area contributed by atoms with E-state index in [0.29, 0.717) is 22.5 Å². The lowest BCUT2D eigenvalue weighted by Gasteiger charge is -2.08. The number of rotatable bonds is 5. The molecule has 2 N–H and O–H groups in total. The summed E-state index contributed by atoms with van der Waals surface area (Å²) in [4.78, 5) is 35.8. The van der Waals surface area contributed by atoms with Crippen LogP contribution in [0.3, 0.4) is 0 Å². The van der Waals surface area contributed by atoms with E-state index in [1.165, 1.54) is 37.6 Å². The summed E-state index contributed by atoms with van der Waals surface area (Å²) in [5.41, 5.74) is 1.76. The molecule has 0 unspecified atom stereocenters. The molecule has 0 bridgehead atoms. The number of esters is 1. The number of amides is 2. The predicted molar refractivity (Wildman–Crippen MR) is 98.8 cm³/mol. The molecule has 0 saturated carbocycles. The summed E-state index contributed by atoms with van der Waals surface area (Å²) in [6, 6.07) is 16.0. The van der Waals surface area contributed by atoms with Crippen molar-refractivity contribution < 1.29 is 23.5 Å². The molecule has 7 nitrogen and oxygen atoms in total. The van der Waals surface area contributed by atoms with Crippen LogP contribution in [0.15, 0.2) is 71.3 Å². The first-order valence-corrected chi connectivity index (χ1v) is 8.01. The molecule has 0 aliphatic carbocycles. The summed E-state index contributed by atoms with van der Waals surface area (Å²) in [6.07, 6.45) is 1.41. The van der Waals surface area contributed by atoms with Gasteiger partial charge in [0.2, 0.25) is 0 Å². The molecule has 3 rings (SSSR count). The van der Waals surface area contributed by atoms with Gasteiger partial charge in [-0.1, -0.05) is 6.07 Å². The first kappa shape index (κ1) is 17.9. The maximum atomic E-state index is 12.4. The number of hydrogen-bond donors (Lipinski definition) is 2. The fourth-order valence-electron chi connectivity index (χ4n) is 2.35. The van der Waals surface area contributed by atoms with E-state index in [-0.39, 0.29) is 17.6 Å². The monoisotopic (exact) mass is 364 g/mol. The average molecular weight is 364 g/mol. The van der Waals surface area contributed by atoms with Crippen LogP contribution in [-0.4, -0.2) is 24.9 Å². The van der Waals surface area contributed by atoms with Crippen LogP contribution in [0.2, 0.25) is 0 Å². The highest BCUT2D eigenvalue weighted by Gasteiger charge is 2.11. The zero-order valence-electron chi connectivity index (χ0n) is 14.4. The molecule has 0 aliphatic heterocycles. The topological polar surface area (TPSA) is 97.6 Å². The van der Waals surface area contributed by atoms with Crippen molar-refractivity contribution in [3.05, 3.63) is 83.8 Å². The summed E-state index contributed by atoms with van der Waals surface area (Å²) in [6.45, 7) is 0. The van der Waals surface area contributed by atoms with Crippen LogP contribution in [0.5, 0.6) is 0 Å². The quantitative estimate of drug-likeness (QED) is 0.675. The van der Waals surface area contributed by atoms with Gasteiger partial charge in [0.25, 0.3) is 11.8 Å². The van der Waals surface area contributed by atoms with Crippen LogP contribution in [-0.2, 0) is 4.74 Å². The predicted octanol–water partition coefficient (Wildman–Crippen LogP) is 3.57. The molecule has 0 radical (unpaired) electrons. The van der Waals surface area contributed by atoms with Gasteiger partial charge >= 0.3 is 5.97 Å². The Morgan fingerprint density at radius 3 is 2.04 bits per heavy atom. The average Bonchev–Trinajstić information content (AvgIpc) is 3.23. The number of nitrogens with one attached hydrogen (secondary N) is 2. The number of methoxy groups -OCH3 is 1. The molecule has 0 saturated heterocycles. The van der Waals surface area contributed by atoms with Crippen molar-refractivity contribution in [1.82, 2.24) is 0 Å². The van der Waals surface area contributed by atoms with Crippen LogP contribution in [0.4, 0.5) is 11.4 Å². The third kappa shape index (κ3) is 4.40. The third-order valence-corrected chi connectivity index (χ3v) is 3.69. The molecule has 3 aromatic rings. The maximum Gasteiger partial charge on any atom is 0.337 e. The molecule has 136 valence electrons. The lowest BCUT2D eigenvalue weighted by atomic mass is 10.1. The Bertz CT molecular complexity index is 962. The minimum absolute atomic E-state index is 0.190. The van der Waals surface area contributed by atoms with Crippen molar-refractivity contribution in [2.24, 2.45) is 0 Å². The molecule has 2 aromatic carbocycles. The SMILES string of the molecule is COC(=O)c1ccc(C(=O)Nc2cccc(NC(=O)c3ccco3)c2)cc1. The second kappa shape index (κ2) is 8.01. The Morgan fingerprint density at radius 1 is 0.815 bits per heavy atom. The van der Waals surface area contributed by atoms with Gasteiger partial charge in [-0.2, -0.15) is 0 Å². The van der Waals surface area contributed by atoms with Crippen LogP contribution in [0.1, 0.15) is 31.3 Å². The van der Waals surface area contributed by atoms with E-state index < -0.39 is 5.97 Å². The van der Waals surface area contributed by atoms with Gasteiger partial charge in [-0.05, 0) is 54.6 Å². The second-order valence-corrected chi connectivity index (χ2v) is 5.54. The highest BCUT2D eigenvalue weighted by Crippen LogP contribution is 2.17. The van der Waals surface area contributed by atoms with Gasteiger partial charge in [-0.25, -0.2) is 4.79 Å². The fraction of sp³-hybridized carbons (Fsp3) is 0.0500. The summed E-state index contributed by atoms with van der Waals surface area (Å²) >= 11 is 0. The number of carbonyl (C=O) groups is 3. The molecular formula is C20H16N2O5. The van der Waals surface area contributed by atoms with Gasteiger partial charge in [0.15, 0.2) is 5.76 Å². The van der Waals surface area contributed by atoms with Crippen molar-refractivity contribution in [3.63, 3.8) is 0 Å². The summed E-state index contributed by atoms with van der Waals surface area (Å²) in [5.74, 6) is -1.01. The largest absolute Gasteiger partial charge is 0.465 e. The van der Waals surface area contributed by atoms with Crippen molar-refractivity contribution >= 4 is 29.2 Å². The first-order valence-electron chi connectivity index (χ1n) is 8.01. The van der Waals surface area contributed by atoms with E-state index >= 15 is 0 Å². The smallest absolute Gasteiger partial charge is 0.337 e. The zero-order valence-corrected chi connectivity index (χ0v) is 14.4. The standard InChI is InChI=1S/C20H16N2O5/c1-26-20(25)14-9-7-13(8-10-14)18(23)21-15-4-2-5-16(12-15)22-19(24)17-6-3-11-27-17/h2-12H,1H3,(H,21,23)(H,22,24). The minimum Gasteiger partial charge on any atom is -0.465 e. The molecule has 27 heavy (non-hydrogen) atoms. The Hall–Kier alpha value is -3.87. The Labute approximate surface area is 154 Å². The van der Waals surface area contributed by atoms with Gasteiger partial charge in [0.05, 0.1) is 18.9 Å². The maximum absolute atomic E-state index is 12.4. The van der Waals surface area contributed by atoms with E-state index in [4.69, 9.17) is 4.42 Å². The van der Waals surface area contributed by atoms with Gasteiger partial charge in [0.1, 0.15) is 0 Å². The van der Waals surface area contributed by atoms with Gasteiger partial charge in [0, 0.05) is 16.9 Å². The summed E-state index contributed by atoms with van der Waals surface area (Å²) in [7, 11) is 1.29. The second-order valence-electron chi connectivity index (χ2n) is 5.54. The molecular weight excluding hydrogens is 348 g/mol. The van der Waals surface area contributed by atoms with Crippen LogP contribution in [0, 0.1) is 0 Å². The molecule has 0 aliphatic rings. The van der Waals surface area contributed by atoms with E-state index in [0.717, 1.165) is 0 Å². The molecule has 0 fully saturated rings. The van der Waals surface area contributed by atoms with Crippen LogP contribution >= 0.6 is 0 Å². The molecule has 1 heterocycles. The van der Waals surface area contributed by atoms with Crippen molar-refractivity contribution in [2.75, 3.05) is 17.7 Å². The van der Waals surface area contributed by atoms with Crippen molar-refractivity contribution in [1.29, 1.82) is 0 Å². The molecule has 0 atom stereocenters. The van der Waals surface area contributed by atoms with Gasteiger partial charge in [-0.15, -0.1) is 0 Å². The normalized spacial score (nSPS) is 10.1. The number of ether oxygens (including phenoxy) is 1. The molecule has 2 amide bonds. The summed E-state index contributed by atoms with van der Waals surface area (Å²) < 4.78 is 9.66. The number of carbonyl (C=O) groups excluding carboxylic acids is 3. The Balaban J connectivity index is 1.67. The lowest BCUT2D eigenvalue weighted by molar-refractivity contribution is 0.0600. The summed E-state index contributed by atoms with van der Waals surface area (Å²) in [5, 5.41) is 5.43. The zero-order chi connectivity index (χ0) is 19.2. The fourth-order valence-corrected chi connectivity index (χ4v) is 2.35. The Morgan fingerprint density at radius 2 is 1.44 bits per heavy atom. The van der Waals surface area contributed by atoms with E-state index in [1.54, 1.807) is 36.4 Å². The highest BCUT2D eigenvalue weighted by molar-refractivity contribution is 6.06. The third-order valence-electron chi connectivity index (χ3n) is 3.69. The number of hydrogen-bond acceptors (Lipinski definition) is 5. The minimum atomic E-state index is -0.470. The van der Waals surface area contributed by atoms with Crippen molar-refractivity contribution in [2.45, 2.75) is 0 Å². The van der Waals surface area contributed by atoms with E-state index in [1.807, 2.05) is 0 Å². The van der Waals surface area contributed by atoms with Gasteiger partial charge in [-0.3, -0.25) is 9.59 Å². The number of furan rings is 1. The number of benzene rings is 2. The lowest BCUT2D eigenvalue weighted by Crippen LogP contribution is -2.14. The molecule has 0 spiro atoms. The Kier molecular flexibility index (Phi) is 5.32. The van der Waals surface area contributed by atoms with E-state index in [2.05, 4.69) is 15.4 Å². The molecule has 7 heteroatoms.